The van der Waals surface area contributed by atoms with Crippen LogP contribution in [0, 0.1) is 6.92 Å². The van der Waals surface area contributed by atoms with Crippen LogP contribution in [0.15, 0.2) is 43.0 Å². The number of carbonyl (C=O) groups excluding carboxylic acids is 1. The van der Waals surface area contributed by atoms with Crippen molar-refractivity contribution in [3.05, 3.63) is 65.5 Å². The topological polar surface area (TPSA) is 76.8 Å². The Kier molecular flexibility index (Phi) is 6.62. The summed E-state index contributed by atoms with van der Waals surface area (Å²) < 4.78 is 53.9. The van der Waals surface area contributed by atoms with Crippen molar-refractivity contribution in [3.8, 4) is 5.95 Å². The van der Waals surface area contributed by atoms with E-state index in [1.807, 2.05) is 0 Å². The van der Waals surface area contributed by atoms with E-state index in [0.717, 1.165) is 12.1 Å². The highest BCUT2D eigenvalue weighted by atomic mass is 19.4. The third-order valence-corrected chi connectivity index (χ3v) is 4.60. The number of aromatic nitrogens is 5. The zero-order valence-electron chi connectivity index (χ0n) is 16.8. The molecule has 164 valence electrons. The minimum atomic E-state index is -4.60. The number of hydrogen-bond donors (Lipinski definition) is 0. The van der Waals surface area contributed by atoms with Gasteiger partial charge in [0.05, 0.1) is 18.3 Å². The van der Waals surface area contributed by atoms with Crippen LogP contribution < -0.4 is 0 Å². The lowest BCUT2D eigenvalue weighted by Crippen LogP contribution is -2.36. The maximum Gasteiger partial charge on any atom is 0.416 e. The van der Waals surface area contributed by atoms with Gasteiger partial charge in [-0.25, -0.2) is 15.0 Å². The molecular formula is C20H20F4N6O. The van der Waals surface area contributed by atoms with Gasteiger partial charge in [-0.05, 0) is 50.1 Å². The highest BCUT2D eigenvalue weighted by molar-refractivity contribution is 5.95. The average molecular weight is 436 g/mol. The fourth-order valence-electron chi connectivity index (χ4n) is 3.17. The zero-order valence-corrected chi connectivity index (χ0v) is 16.8. The summed E-state index contributed by atoms with van der Waals surface area (Å²) in [6.45, 7) is 2.41. The maximum absolute atomic E-state index is 13.2. The first kappa shape index (κ1) is 22.3. The molecule has 3 aromatic rings. The number of carbonyl (C=O) groups is 1. The molecule has 2 aromatic heterocycles. The smallest absolute Gasteiger partial charge is 0.329 e. The second-order valence-corrected chi connectivity index (χ2v) is 6.88. The van der Waals surface area contributed by atoms with Crippen molar-refractivity contribution in [2.45, 2.75) is 32.5 Å². The average Bonchev–Trinajstić information content (AvgIpc) is 3.23. The Morgan fingerprint density at radius 2 is 1.87 bits per heavy atom. The Hall–Kier alpha value is -3.37. The first-order valence-corrected chi connectivity index (χ1v) is 9.45. The molecular weight excluding hydrogens is 416 g/mol. The number of benzene rings is 1. The summed E-state index contributed by atoms with van der Waals surface area (Å²) in [5, 5.41) is 4.08. The molecule has 0 saturated heterocycles. The third kappa shape index (κ3) is 5.04. The Morgan fingerprint density at radius 1 is 1.16 bits per heavy atom. The summed E-state index contributed by atoms with van der Waals surface area (Å²) in [6, 6.07) is 4.03. The van der Waals surface area contributed by atoms with E-state index in [1.165, 1.54) is 41.3 Å². The van der Waals surface area contributed by atoms with Crippen LogP contribution in [0.3, 0.4) is 0 Å². The van der Waals surface area contributed by atoms with Gasteiger partial charge in [-0.1, -0.05) is 0 Å². The fraction of sp³-hybridized carbons (Fsp3) is 0.350. The molecule has 0 aliphatic carbocycles. The van der Waals surface area contributed by atoms with Crippen LogP contribution in [0.2, 0.25) is 0 Å². The van der Waals surface area contributed by atoms with Crippen molar-refractivity contribution in [1.82, 2.24) is 29.6 Å². The molecule has 0 saturated carbocycles. The van der Waals surface area contributed by atoms with Crippen molar-refractivity contribution in [2.24, 2.45) is 0 Å². The molecule has 7 nitrogen and oxygen atoms in total. The molecule has 1 unspecified atom stereocenters. The molecule has 11 heteroatoms. The number of rotatable bonds is 7. The molecule has 0 spiro atoms. The highest BCUT2D eigenvalue weighted by Gasteiger charge is 2.33. The van der Waals surface area contributed by atoms with Crippen molar-refractivity contribution >= 4 is 5.91 Å². The van der Waals surface area contributed by atoms with Gasteiger partial charge in [0, 0.05) is 24.5 Å². The van der Waals surface area contributed by atoms with Gasteiger partial charge >= 0.3 is 6.18 Å². The minimum absolute atomic E-state index is 0.0179. The van der Waals surface area contributed by atoms with Crippen LogP contribution in [-0.2, 0) is 6.18 Å². The predicted octanol–water partition coefficient (Wildman–Crippen LogP) is 3.95. The number of hydrogen-bond acceptors (Lipinski definition) is 5. The molecule has 1 amide bonds. The van der Waals surface area contributed by atoms with Crippen molar-refractivity contribution in [3.63, 3.8) is 0 Å². The van der Waals surface area contributed by atoms with E-state index in [0.29, 0.717) is 5.82 Å². The summed E-state index contributed by atoms with van der Waals surface area (Å²) >= 11 is 0. The van der Waals surface area contributed by atoms with Crippen LogP contribution in [0.25, 0.3) is 5.95 Å². The van der Waals surface area contributed by atoms with Gasteiger partial charge in [-0.15, -0.1) is 0 Å². The van der Waals surface area contributed by atoms with Gasteiger partial charge in [0.25, 0.3) is 11.9 Å². The van der Waals surface area contributed by atoms with Gasteiger partial charge < -0.3 is 4.90 Å². The second kappa shape index (κ2) is 9.19. The SMILES string of the molecule is Cc1cc(C(=O)N(CCCF)C(C)c2ncnn2-c2ncccn2)cc(C(F)(F)F)c1. The zero-order chi connectivity index (χ0) is 22.6. The predicted molar refractivity (Wildman–Crippen MR) is 103 cm³/mol. The number of halogens is 4. The van der Waals surface area contributed by atoms with E-state index < -0.39 is 30.4 Å². The monoisotopic (exact) mass is 436 g/mol. The summed E-state index contributed by atoms with van der Waals surface area (Å²) in [4.78, 5) is 26.9. The van der Waals surface area contributed by atoms with Crippen LogP contribution in [0.5, 0.6) is 0 Å². The third-order valence-electron chi connectivity index (χ3n) is 4.60. The largest absolute Gasteiger partial charge is 0.416 e. The van der Waals surface area contributed by atoms with Gasteiger partial charge in [0.1, 0.15) is 6.33 Å². The van der Waals surface area contributed by atoms with Gasteiger partial charge in [0.2, 0.25) is 0 Å². The van der Waals surface area contributed by atoms with E-state index in [-0.39, 0.29) is 30.0 Å². The summed E-state index contributed by atoms with van der Waals surface area (Å²) in [5.74, 6) is -0.157. The maximum atomic E-state index is 13.2. The van der Waals surface area contributed by atoms with Gasteiger partial charge in [-0.3, -0.25) is 9.18 Å². The van der Waals surface area contributed by atoms with Crippen LogP contribution in [-0.4, -0.2) is 48.8 Å². The molecule has 3 rings (SSSR count). The molecule has 0 aliphatic rings. The number of aryl methyl sites for hydroxylation is 1. The van der Waals surface area contributed by atoms with E-state index in [1.54, 1.807) is 13.0 Å². The van der Waals surface area contributed by atoms with Crippen molar-refractivity contribution < 1.29 is 22.4 Å². The van der Waals surface area contributed by atoms with Gasteiger partial charge in [0.15, 0.2) is 5.82 Å². The second-order valence-electron chi connectivity index (χ2n) is 6.88. The van der Waals surface area contributed by atoms with E-state index in [4.69, 9.17) is 0 Å². The molecule has 31 heavy (non-hydrogen) atoms. The first-order valence-electron chi connectivity index (χ1n) is 9.45. The van der Waals surface area contributed by atoms with Crippen molar-refractivity contribution in [2.75, 3.05) is 13.2 Å². The Bertz CT molecular complexity index is 1040. The minimum Gasteiger partial charge on any atom is -0.329 e. The lowest BCUT2D eigenvalue weighted by atomic mass is 10.0. The van der Waals surface area contributed by atoms with E-state index >= 15 is 0 Å². The molecule has 0 bridgehead atoms. The van der Waals surface area contributed by atoms with Crippen LogP contribution >= 0.6 is 0 Å². The molecule has 2 heterocycles. The highest BCUT2D eigenvalue weighted by Crippen LogP contribution is 2.31. The Balaban J connectivity index is 1.99. The Labute approximate surface area is 175 Å². The molecule has 0 fully saturated rings. The quantitative estimate of drug-likeness (QED) is 0.525. The van der Waals surface area contributed by atoms with Gasteiger partial charge in [-0.2, -0.15) is 23.0 Å². The summed E-state index contributed by atoms with van der Waals surface area (Å²) in [7, 11) is 0. The van der Waals surface area contributed by atoms with E-state index in [2.05, 4.69) is 20.1 Å². The number of amides is 1. The lowest BCUT2D eigenvalue weighted by molar-refractivity contribution is -0.137. The summed E-state index contributed by atoms with van der Waals surface area (Å²) in [6.07, 6.45) is -0.300. The molecule has 1 aromatic carbocycles. The number of nitrogens with zero attached hydrogens (tertiary/aromatic N) is 6. The Morgan fingerprint density at radius 3 is 2.52 bits per heavy atom. The first-order chi connectivity index (χ1) is 14.7. The van der Waals surface area contributed by atoms with Crippen LogP contribution in [0.1, 0.15) is 46.7 Å². The number of alkyl halides is 4. The molecule has 0 N–H and O–H groups in total. The van der Waals surface area contributed by atoms with Crippen molar-refractivity contribution in [1.29, 1.82) is 0 Å². The fourth-order valence-corrected chi connectivity index (χ4v) is 3.17. The molecule has 1 atom stereocenters. The normalized spacial score (nSPS) is 12.6. The molecule has 0 radical (unpaired) electrons. The summed E-state index contributed by atoms with van der Waals surface area (Å²) in [5.41, 5.74) is -0.771. The lowest BCUT2D eigenvalue weighted by Gasteiger charge is -2.29. The molecule has 0 aliphatic heterocycles. The van der Waals surface area contributed by atoms with E-state index in [9.17, 15) is 22.4 Å². The van der Waals surface area contributed by atoms with Crippen LogP contribution in [0.4, 0.5) is 17.6 Å². The standard InChI is InChI=1S/C20H20F4N6O/c1-13-9-15(11-16(10-13)20(22,23)24)18(31)29(8-3-5-21)14(2)17-27-12-28-30(17)19-25-6-4-7-26-19/h4,6-7,9-12,14H,3,5,8H2,1-2H3.